The van der Waals surface area contributed by atoms with Crippen LogP contribution in [0.1, 0.15) is 44.4 Å². The second-order valence-corrected chi connectivity index (χ2v) is 9.69. The molecular weight excluding hydrogens is 444 g/mol. The molecule has 2 fully saturated rings. The molecule has 0 aliphatic carbocycles. The average Bonchev–Trinajstić information content (AvgIpc) is 2.84. The number of aromatic nitrogens is 1. The van der Waals surface area contributed by atoms with Crippen LogP contribution in [0, 0.1) is 18.8 Å². The Hall–Kier alpha value is -3.62. The van der Waals surface area contributed by atoms with E-state index in [2.05, 4.69) is 52.1 Å². The molecule has 35 heavy (non-hydrogen) atoms. The number of piperidine rings is 1. The molecule has 1 aromatic heterocycles. The van der Waals surface area contributed by atoms with Crippen LogP contribution in [0.5, 0.6) is 0 Å². The molecule has 186 valence electrons. The standard InChI is InChI=1S/C26H34N6O3/c1-16(2)19-10-12-32(13-11-19)23-9-8-21(17(3)28-23)29-20-6-4-18(5-7-20)15-27-25(34)22-14-24(33)31-26(35)30-22/h4-9,16,19,22,29H,10-15H2,1-3H3,(H,27,34)(H2,30,31,33,35). The highest BCUT2D eigenvalue weighted by molar-refractivity contribution is 6.02. The van der Waals surface area contributed by atoms with Crippen LogP contribution in [0.2, 0.25) is 0 Å². The number of pyridine rings is 1. The van der Waals surface area contributed by atoms with Crippen molar-refractivity contribution in [2.45, 2.75) is 52.6 Å². The third-order valence-electron chi connectivity index (χ3n) is 6.84. The van der Waals surface area contributed by atoms with E-state index in [1.165, 1.54) is 12.8 Å². The third-order valence-corrected chi connectivity index (χ3v) is 6.84. The number of benzene rings is 1. The maximum Gasteiger partial charge on any atom is 0.322 e. The van der Waals surface area contributed by atoms with Crippen LogP contribution in [0.15, 0.2) is 36.4 Å². The van der Waals surface area contributed by atoms with E-state index in [4.69, 9.17) is 4.98 Å². The molecule has 0 saturated carbocycles. The number of imide groups is 1. The van der Waals surface area contributed by atoms with Crippen LogP contribution in [0.4, 0.5) is 22.0 Å². The Morgan fingerprint density at radius 1 is 1.11 bits per heavy atom. The van der Waals surface area contributed by atoms with Crippen molar-refractivity contribution in [1.29, 1.82) is 0 Å². The van der Waals surface area contributed by atoms with E-state index in [9.17, 15) is 14.4 Å². The predicted octanol–water partition coefficient (Wildman–Crippen LogP) is 3.22. The molecule has 9 nitrogen and oxygen atoms in total. The van der Waals surface area contributed by atoms with Crippen molar-refractivity contribution in [1.82, 2.24) is 20.9 Å². The van der Waals surface area contributed by atoms with Crippen molar-refractivity contribution >= 4 is 35.0 Å². The van der Waals surface area contributed by atoms with E-state index in [0.717, 1.165) is 53.4 Å². The number of urea groups is 1. The van der Waals surface area contributed by atoms with Crippen molar-refractivity contribution in [3.8, 4) is 0 Å². The van der Waals surface area contributed by atoms with Gasteiger partial charge in [0.1, 0.15) is 11.9 Å². The van der Waals surface area contributed by atoms with Gasteiger partial charge in [-0.2, -0.15) is 0 Å². The first-order valence-electron chi connectivity index (χ1n) is 12.2. The first-order chi connectivity index (χ1) is 16.8. The van der Waals surface area contributed by atoms with Gasteiger partial charge in [-0.15, -0.1) is 0 Å². The summed E-state index contributed by atoms with van der Waals surface area (Å²) in [5, 5.41) is 10.7. The van der Waals surface area contributed by atoms with Crippen LogP contribution in [0.3, 0.4) is 0 Å². The number of nitrogens with one attached hydrogen (secondary N) is 4. The number of amides is 4. The van der Waals surface area contributed by atoms with Crippen LogP contribution >= 0.6 is 0 Å². The van der Waals surface area contributed by atoms with E-state index in [0.29, 0.717) is 6.54 Å². The number of anilines is 3. The van der Waals surface area contributed by atoms with Gasteiger partial charge in [-0.1, -0.05) is 26.0 Å². The Labute approximate surface area is 206 Å². The van der Waals surface area contributed by atoms with Crippen LogP contribution < -0.4 is 26.2 Å². The van der Waals surface area contributed by atoms with Crippen molar-refractivity contribution in [2.75, 3.05) is 23.3 Å². The molecule has 1 unspecified atom stereocenters. The summed E-state index contributed by atoms with van der Waals surface area (Å²) in [4.78, 5) is 42.3. The number of carbonyl (C=O) groups is 3. The molecule has 2 aliphatic heterocycles. The summed E-state index contributed by atoms with van der Waals surface area (Å²) < 4.78 is 0. The fourth-order valence-electron chi connectivity index (χ4n) is 4.59. The molecule has 4 rings (SSSR count). The Bertz CT molecular complexity index is 1060. The lowest BCUT2D eigenvalue weighted by Crippen LogP contribution is -2.57. The number of hydrogen-bond acceptors (Lipinski definition) is 6. The molecule has 2 saturated heterocycles. The van der Waals surface area contributed by atoms with Gasteiger partial charge in [0.05, 0.1) is 17.8 Å². The Morgan fingerprint density at radius 2 is 1.83 bits per heavy atom. The Morgan fingerprint density at radius 3 is 2.46 bits per heavy atom. The average molecular weight is 479 g/mol. The number of hydrogen-bond donors (Lipinski definition) is 4. The monoisotopic (exact) mass is 478 g/mol. The Balaban J connectivity index is 1.29. The molecular formula is C26H34N6O3. The molecule has 1 atom stereocenters. The Kier molecular flexibility index (Phi) is 7.53. The lowest BCUT2D eigenvalue weighted by atomic mass is 9.87. The van der Waals surface area contributed by atoms with Crippen molar-refractivity contribution < 1.29 is 14.4 Å². The molecule has 0 radical (unpaired) electrons. The van der Waals surface area contributed by atoms with Crippen LogP contribution in [0.25, 0.3) is 0 Å². The third kappa shape index (κ3) is 6.29. The number of aryl methyl sites for hydroxylation is 1. The van der Waals surface area contributed by atoms with Crippen molar-refractivity contribution in [2.24, 2.45) is 11.8 Å². The van der Waals surface area contributed by atoms with Crippen LogP contribution in [-0.2, 0) is 16.1 Å². The van der Waals surface area contributed by atoms with Crippen LogP contribution in [-0.4, -0.2) is 42.0 Å². The van der Waals surface area contributed by atoms with Gasteiger partial charge in [-0.25, -0.2) is 9.78 Å². The predicted molar refractivity (Wildman–Crippen MR) is 135 cm³/mol. The SMILES string of the molecule is Cc1nc(N2CCC(C(C)C)CC2)ccc1Nc1ccc(CNC(=O)C2CC(=O)NC(=O)N2)cc1. The summed E-state index contributed by atoms with van der Waals surface area (Å²) in [6.07, 6.45) is 2.37. The van der Waals surface area contributed by atoms with Gasteiger partial charge in [-0.05, 0) is 61.4 Å². The normalized spacial score (nSPS) is 18.7. The summed E-state index contributed by atoms with van der Waals surface area (Å²) in [5.74, 6) is 1.74. The molecule has 3 heterocycles. The molecule has 0 spiro atoms. The van der Waals surface area contributed by atoms with E-state index < -0.39 is 18.0 Å². The first kappa shape index (κ1) is 24.5. The van der Waals surface area contributed by atoms with Crippen molar-refractivity contribution in [3.63, 3.8) is 0 Å². The maximum atomic E-state index is 12.3. The number of carbonyl (C=O) groups excluding carboxylic acids is 3. The summed E-state index contributed by atoms with van der Waals surface area (Å²) in [6.45, 7) is 9.05. The van der Waals surface area contributed by atoms with Gasteiger partial charge in [-0.3, -0.25) is 14.9 Å². The van der Waals surface area contributed by atoms with Gasteiger partial charge in [0.25, 0.3) is 0 Å². The maximum absolute atomic E-state index is 12.3. The number of nitrogens with zero attached hydrogens (tertiary/aromatic N) is 2. The molecule has 9 heteroatoms. The second kappa shape index (κ2) is 10.8. The zero-order chi connectivity index (χ0) is 24.9. The smallest absolute Gasteiger partial charge is 0.322 e. The quantitative estimate of drug-likeness (QED) is 0.486. The molecule has 2 aromatic rings. The van der Waals surface area contributed by atoms with Gasteiger partial charge in [0.2, 0.25) is 11.8 Å². The van der Waals surface area contributed by atoms with E-state index >= 15 is 0 Å². The van der Waals surface area contributed by atoms with Gasteiger partial charge in [0, 0.05) is 25.3 Å². The van der Waals surface area contributed by atoms with E-state index in [1.807, 2.05) is 31.2 Å². The molecule has 2 aliphatic rings. The van der Waals surface area contributed by atoms with E-state index in [1.54, 1.807) is 0 Å². The molecule has 4 amide bonds. The van der Waals surface area contributed by atoms with Gasteiger partial charge >= 0.3 is 6.03 Å². The fraction of sp³-hybridized carbons (Fsp3) is 0.462. The highest BCUT2D eigenvalue weighted by Crippen LogP contribution is 2.29. The zero-order valence-electron chi connectivity index (χ0n) is 20.6. The minimum absolute atomic E-state index is 0.0666. The summed E-state index contributed by atoms with van der Waals surface area (Å²) in [7, 11) is 0. The van der Waals surface area contributed by atoms with Crippen molar-refractivity contribution in [3.05, 3.63) is 47.7 Å². The summed E-state index contributed by atoms with van der Waals surface area (Å²) in [6, 6.07) is 10.4. The van der Waals surface area contributed by atoms with E-state index in [-0.39, 0.29) is 12.3 Å². The molecule has 4 N–H and O–H groups in total. The highest BCUT2D eigenvalue weighted by Gasteiger charge is 2.29. The molecule has 0 bridgehead atoms. The first-order valence-corrected chi connectivity index (χ1v) is 12.2. The lowest BCUT2D eigenvalue weighted by molar-refractivity contribution is -0.128. The topological polar surface area (TPSA) is 115 Å². The summed E-state index contributed by atoms with van der Waals surface area (Å²) in [5.41, 5.74) is 3.73. The van der Waals surface area contributed by atoms with Gasteiger partial charge < -0.3 is 20.9 Å². The summed E-state index contributed by atoms with van der Waals surface area (Å²) >= 11 is 0. The second-order valence-electron chi connectivity index (χ2n) is 9.69. The minimum atomic E-state index is -0.850. The molecule has 1 aromatic carbocycles. The zero-order valence-corrected chi connectivity index (χ0v) is 20.6. The lowest BCUT2D eigenvalue weighted by Gasteiger charge is -2.34. The number of rotatable bonds is 7. The highest BCUT2D eigenvalue weighted by atomic mass is 16.2. The largest absolute Gasteiger partial charge is 0.357 e. The fourth-order valence-corrected chi connectivity index (χ4v) is 4.59. The van der Waals surface area contributed by atoms with Gasteiger partial charge in [0.15, 0.2) is 0 Å². The minimum Gasteiger partial charge on any atom is -0.357 e.